The summed E-state index contributed by atoms with van der Waals surface area (Å²) in [6.45, 7) is 15.0. The topological polar surface area (TPSA) is 0 Å². The van der Waals surface area contributed by atoms with Crippen LogP contribution in [-0.4, -0.2) is 37.9 Å². The molecule has 0 atom stereocenters. The van der Waals surface area contributed by atoms with Crippen molar-refractivity contribution >= 4 is 7.25 Å². The van der Waals surface area contributed by atoms with Crippen LogP contribution in [0, 0.1) is 0 Å². The van der Waals surface area contributed by atoms with Crippen molar-refractivity contribution in [2.24, 2.45) is 0 Å². The minimum Gasteiger partial charge on any atom is -0.418 e. The summed E-state index contributed by atoms with van der Waals surface area (Å²) in [6, 6.07) is 0. The molecule has 0 N–H and O–H groups in total. The lowest BCUT2D eigenvalue weighted by Gasteiger charge is -2.39. The molecule has 0 aromatic heterocycles. The zero-order chi connectivity index (χ0) is 17.5. The fourth-order valence-corrected chi connectivity index (χ4v) is 2.64. The number of halogens is 4. The van der Waals surface area contributed by atoms with Crippen LogP contribution in [0.4, 0.5) is 17.3 Å². The summed E-state index contributed by atoms with van der Waals surface area (Å²) in [5.74, 6) is 0. The van der Waals surface area contributed by atoms with E-state index in [2.05, 4.69) is 27.7 Å². The molecule has 0 bridgehead atoms. The lowest BCUT2D eigenvalue weighted by Crippen LogP contribution is -2.50. The van der Waals surface area contributed by atoms with Crippen molar-refractivity contribution in [3.63, 3.8) is 0 Å². The number of nitrogens with zero attached hydrogens (tertiary/aromatic N) is 1. The molecular weight excluding hydrogens is 293 g/mol. The second kappa shape index (κ2) is 14.3. The Morgan fingerprint density at radius 2 is 0.773 bits per heavy atom. The lowest BCUT2D eigenvalue weighted by molar-refractivity contribution is -0.929. The van der Waals surface area contributed by atoms with E-state index in [1.165, 1.54) is 82.0 Å². The molecule has 0 saturated carbocycles. The van der Waals surface area contributed by atoms with E-state index in [-0.39, 0.29) is 1.43 Å². The van der Waals surface area contributed by atoms with E-state index >= 15 is 0 Å². The molecule has 136 valence electrons. The molecular formula is C16H37BF4N+. The quantitative estimate of drug-likeness (QED) is 0.220. The highest BCUT2D eigenvalue weighted by atomic mass is 19.5. The van der Waals surface area contributed by atoms with Crippen LogP contribution in [0.25, 0.3) is 0 Å². The van der Waals surface area contributed by atoms with Gasteiger partial charge in [0.05, 0.1) is 26.2 Å². The Morgan fingerprint density at radius 3 is 0.909 bits per heavy atom. The average molecular weight is 330 g/mol. The maximum absolute atomic E-state index is 9.75. The van der Waals surface area contributed by atoms with Gasteiger partial charge in [0.2, 0.25) is 0 Å². The molecule has 0 fully saturated rings. The lowest BCUT2D eigenvalue weighted by atomic mass is 10.1. The summed E-state index contributed by atoms with van der Waals surface area (Å²) in [4.78, 5) is 0. The highest BCUT2D eigenvalue weighted by Gasteiger charge is 2.24. The van der Waals surface area contributed by atoms with E-state index in [1.807, 2.05) is 0 Å². The fraction of sp³-hybridized carbons (Fsp3) is 1.00. The summed E-state index contributed by atoms with van der Waals surface area (Å²) < 4.78 is 40.4. The van der Waals surface area contributed by atoms with E-state index in [0.29, 0.717) is 0 Å². The largest absolute Gasteiger partial charge is 1.00 e. The van der Waals surface area contributed by atoms with Crippen LogP contribution in [0.15, 0.2) is 0 Å². The number of unbranched alkanes of at least 4 members (excludes halogenated alkanes) is 4. The van der Waals surface area contributed by atoms with Crippen LogP contribution < -0.4 is 0 Å². The number of rotatable bonds is 12. The first-order chi connectivity index (χ1) is 10.2. The molecule has 1 nitrogen and oxygen atoms in total. The molecule has 6 heteroatoms. The van der Waals surface area contributed by atoms with Crippen molar-refractivity contribution in [1.29, 1.82) is 0 Å². The minimum atomic E-state index is -6.00. The molecule has 0 unspecified atom stereocenters. The number of hydrogen-bond donors (Lipinski definition) is 0. The van der Waals surface area contributed by atoms with Gasteiger partial charge in [0.1, 0.15) is 0 Å². The molecule has 0 radical (unpaired) electrons. The Hall–Kier alpha value is -0.255. The highest BCUT2D eigenvalue weighted by molar-refractivity contribution is 6.50. The van der Waals surface area contributed by atoms with Crippen molar-refractivity contribution in [3.8, 4) is 0 Å². The second-order valence-corrected chi connectivity index (χ2v) is 6.15. The Kier molecular flexibility index (Phi) is 15.7. The first-order valence-corrected chi connectivity index (χ1v) is 8.97. The van der Waals surface area contributed by atoms with Gasteiger partial charge in [-0.1, -0.05) is 53.4 Å². The van der Waals surface area contributed by atoms with Crippen molar-refractivity contribution in [1.82, 2.24) is 0 Å². The average Bonchev–Trinajstić information content (AvgIpc) is 2.44. The van der Waals surface area contributed by atoms with Crippen LogP contribution >= 0.6 is 0 Å². The molecule has 0 aliphatic rings. The predicted octanol–water partition coefficient (Wildman–Crippen LogP) is 6.42. The van der Waals surface area contributed by atoms with Gasteiger partial charge >= 0.3 is 8.68 Å². The SMILES string of the molecule is CCCC[N+](CCCC)(CCCC)CCCC.F[B-](F)(F)F.[H+]. The first-order valence-electron chi connectivity index (χ1n) is 8.97. The Labute approximate surface area is 136 Å². The monoisotopic (exact) mass is 330 g/mol. The van der Waals surface area contributed by atoms with Gasteiger partial charge < -0.3 is 21.7 Å². The van der Waals surface area contributed by atoms with Gasteiger partial charge in [-0.25, -0.2) is 0 Å². The summed E-state index contributed by atoms with van der Waals surface area (Å²) in [7, 11) is -6.00. The molecule has 0 amide bonds. The van der Waals surface area contributed by atoms with Gasteiger partial charge in [0, 0.05) is 0 Å². The van der Waals surface area contributed by atoms with Crippen LogP contribution in [0.2, 0.25) is 0 Å². The van der Waals surface area contributed by atoms with E-state index < -0.39 is 7.25 Å². The van der Waals surface area contributed by atoms with Gasteiger partial charge in [-0.05, 0) is 25.7 Å². The van der Waals surface area contributed by atoms with Gasteiger partial charge in [-0.15, -0.1) is 0 Å². The predicted molar refractivity (Wildman–Crippen MR) is 90.7 cm³/mol. The number of hydrogen-bond acceptors (Lipinski definition) is 0. The van der Waals surface area contributed by atoms with Crippen LogP contribution in [0.5, 0.6) is 0 Å². The molecule has 0 aliphatic heterocycles. The molecule has 0 heterocycles. The molecule has 0 spiro atoms. The molecule has 0 aliphatic carbocycles. The fourth-order valence-electron chi connectivity index (χ4n) is 2.64. The Balaban J connectivity index is -0.000000578. The summed E-state index contributed by atoms with van der Waals surface area (Å²) in [5, 5.41) is 0. The maximum atomic E-state index is 9.75. The van der Waals surface area contributed by atoms with Crippen LogP contribution in [0.3, 0.4) is 0 Å². The van der Waals surface area contributed by atoms with Gasteiger partial charge in [0.25, 0.3) is 0 Å². The minimum absolute atomic E-state index is 0. The molecule has 0 aromatic carbocycles. The molecule has 0 rings (SSSR count). The van der Waals surface area contributed by atoms with Gasteiger partial charge in [-0.3, -0.25) is 0 Å². The standard InChI is InChI=1S/C16H36N.BF4/c1-5-9-13-17(14-10-6-2,15-11-7-3)16-12-8-4;2-1(3,4)5/h5-16H2,1-4H3;/q+1;-1/p+1. The Morgan fingerprint density at radius 1 is 0.591 bits per heavy atom. The van der Waals surface area contributed by atoms with Crippen LogP contribution in [-0.2, 0) is 0 Å². The summed E-state index contributed by atoms with van der Waals surface area (Å²) in [5.41, 5.74) is 0. The Bertz CT molecular complexity index is 197. The number of quaternary nitrogens is 1. The highest BCUT2D eigenvalue weighted by Crippen LogP contribution is 2.16. The van der Waals surface area contributed by atoms with E-state index in [0.717, 1.165) is 0 Å². The smallest absolute Gasteiger partial charge is 0.418 e. The van der Waals surface area contributed by atoms with E-state index in [9.17, 15) is 17.3 Å². The third-order valence-corrected chi connectivity index (χ3v) is 3.94. The normalized spacial score (nSPS) is 12.0. The zero-order valence-corrected chi connectivity index (χ0v) is 15.0. The van der Waals surface area contributed by atoms with E-state index in [4.69, 9.17) is 0 Å². The third kappa shape index (κ3) is 17.8. The third-order valence-electron chi connectivity index (χ3n) is 3.94. The molecule has 22 heavy (non-hydrogen) atoms. The molecule has 0 aromatic rings. The zero-order valence-electron chi connectivity index (χ0n) is 16.0. The summed E-state index contributed by atoms with van der Waals surface area (Å²) >= 11 is 0. The van der Waals surface area contributed by atoms with Crippen molar-refractivity contribution in [3.05, 3.63) is 0 Å². The second-order valence-electron chi connectivity index (χ2n) is 6.15. The maximum Gasteiger partial charge on any atom is 1.00 e. The van der Waals surface area contributed by atoms with Crippen molar-refractivity contribution in [2.75, 3.05) is 26.2 Å². The van der Waals surface area contributed by atoms with Crippen LogP contribution in [0.1, 0.15) is 80.5 Å². The van der Waals surface area contributed by atoms with Gasteiger partial charge in [-0.2, -0.15) is 0 Å². The summed E-state index contributed by atoms with van der Waals surface area (Å²) in [6.07, 6.45) is 11.1. The first kappa shape index (κ1) is 24.0. The van der Waals surface area contributed by atoms with Crippen molar-refractivity contribution in [2.45, 2.75) is 79.1 Å². The molecule has 0 saturated heterocycles. The van der Waals surface area contributed by atoms with Crippen molar-refractivity contribution < 1.29 is 23.2 Å². The van der Waals surface area contributed by atoms with Gasteiger partial charge in [0.15, 0.2) is 0 Å². The van der Waals surface area contributed by atoms with E-state index in [1.54, 1.807) is 0 Å².